The van der Waals surface area contributed by atoms with Crippen LogP contribution in [-0.2, 0) is 16.1 Å². The van der Waals surface area contributed by atoms with Crippen molar-refractivity contribution in [2.75, 3.05) is 18.5 Å². The first-order valence-electron chi connectivity index (χ1n) is 9.85. The van der Waals surface area contributed by atoms with Gasteiger partial charge in [0.15, 0.2) is 5.13 Å². The zero-order valence-electron chi connectivity index (χ0n) is 16.9. The normalized spacial score (nSPS) is 16.1. The van der Waals surface area contributed by atoms with Crippen molar-refractivity contribution in [2.45, 2.75) is 26.8 Å². The molecule has 156 valence electrons. The number of thiazole rings is 1. The van der Waals surface area contributed by atoms with Crippen molar-refractivity contribution in [2.24, 2.45) is 5.92 Å². The fourth-order valence-corrected chi connectivity index (χ4v) is 4.33. The number of nitrogens with zero attached hydrogens (tertiary/aromatic N) is 2. The molecule has 2 amide bonds. The first-order chi connectivity index (χ1) is 14.5. The third-order valence-electron chi connectivity index (χ3n) is 4.98. The highest BCUT2D eigenvalue weighted by Crippen LogP contribution is 2.32. The maximum absolute atomic E-state index is 12.7. The van der Waals surface area contributed by atoms with E-state index in [-0.39, 0.29) is 18.2 Å². The van der Waals surface area contributed by atoms with Gasteiger partial charge >= 0.3 is 0 Å². The molecule has 0 bridgehead atoms. The van der Waals surface area contributed by atoms with Crippen LogP contribution in [0.25, 0.3) is 11.3 Å². The molecule has 1 fully saturated rings. The molecule has 1 aliphatic heterocycles. The topological polar surface area (TPSA) is 84.7 Å². The van der Waals surface area contributed by atoms with Crippen molar-refractivity contribution in [3.05, 3.63) is 53.3 Å². The molecule has 3 aromatic rings. The molecule has 1 saturated heterocycles. The Labute approximate surface area is 178 Å². The molecular formula is C22H23N3O4S. The van der Waals surface area contributed by atoms with Crippen LogP contribution in [0.2, 0.25) is 0 Å². The summed E-state index contributed by atoms with van der Waals surface area (Å²) in [5.41, 5.74) is 1.80. The maximum atomic E-state index is 12.7. The monoisotopic (exact) mass is 425 g/mol. The second kappa shape index (κ2) is 8.71. The second-order valence-corrected chi connectivity index (χ2v) is 8.33. The maximum Gasteiger partial charge on any atom is 0.231 e. The van der Waals surface area contributed by atoms with Crippen LogP contribution in [0, 0.1) is 12.8 Å². The quantitative estimate of drug-likeness (QED) is 0.616. The minimum atomic E-state index is -0.398. The van der Waals surface area contributed by atoms with Gasteiger partial charge in [-0.1, -0.05) is 0 Å². The van der Waals surface area contributed by atoms with Crippen LogP contribution in [0.3, 0.4) is 0 Å². The van der Waals surface area contributed by atoms with Gasteiger partial charge in [-0.05, 0) is 50.2 Å². The Kier molecular flexibility index (Phi) is 5.85. The summed E-state index contributed by atoms with van der Waals surface area (Å²) in [4.78, 5) is 32.2. The van der Waals surface area contributed by atoms with Gasteiger partial charge in [0.05, 0.1) is 31.0 Å². The third kappa shape index (κ3) is 4.38. The van der Waals surface area contributed by atoms with Crippen molar-refractivity contribution >= 4 is 28.3 Å². The number of carbonyl (C=O) groups is 2. The van der Waals surface area contributed by atoms with Gasteiger partial charge in [-0.25, -0.2) is 4.98 Å². The van der Waals surface area contributed by atoms with Gasteiger partial charge in [-0.2, -0.15) is 0 Å². The summed E-state index contributed by atoms with van der Waals surface area (Å²) in [5.74, 6) is 0.896. The smallest absolute Gasteiger partial charge is 0.231 e. The van der Waals surface area contributed by atoms with E-state index < -0.39 is 5.92 Å². The molecule has 0 saturated carbocycles. The molecule has 30 heavy (non-hydrogen) atoms. The van der Waals surface area contributed by atoms with Crippen LogP contribution in [0.4, 0.5) is 5.13 Å². The van der Waals surface area contributed by atoms with Crippen LogP contribution < -0.4 is 10.1 Å². The molecule has 1 atom stereocenters. The standard InChI is InChI=1S/C22H23N3O4S/c1-3-28-17-8-6-15(7-9-17)20-14(2)30-22(23-20)24-21(27)16-11-19(26)25(12-16)13-18-5-4-10-29-18/h4-10,16H,3,11-13H2,1-2H3,(H,23,24,27)/t16-/m0/s1. The number of aromatic nitrogens is 1. The molecule has 1 aromatic carbocycles. The number of benzene rings is 1. The Balaban J connectivity index is 1.40. The van der Waals surface area contributed by atoms with E-state index in [0.29, 0.717) is 30.6 Å². The first kappa shape index (κ1) is 20.2. The predicted octanol–water partition coefficient (Wildman–Crippen LogP) is 4.10. The molecule has 4 rings (SSSR count). The van der Waals surface area contributed by atoms with Gasteiger partial charge in [-0.3, -0.25) is 9.59 Å². The van der Waals surface area contributed by atoms with E-state index in [1.165, 1.54) is 11.3 Å². The van der Waals surface area contributed by atoms with E-state index in [9.17, 15) is 9.59 Å². The minimum Gasteiger partial charge on any atom is -0.494 e. The summed E-state index contributed by atoms with van der Waals surface area (Å²) < 4.78 is 10.8. The fraction of sp³-hybridized carbons (Fsp3) is 0.318. The van der Waals surface area contributed by atoms with E-state index in [1.807, 2.05) is 44.2 Å². The van der Waals surface area contributed by atoms with E-state index in [0.717, 1.165) is 21.9 Å². The third-order valence-corrected chi connectivity index (χ3v) is 5.86. The number of amides is 2. The first-order valence-corrected chi connectivity index (χ1v) is 10.7. The number of hydrogen-bond acceptors (Lipinski definition) is 6. The van der Waals surface area contributed by atoms with Crippen LogP contribution >= 0.6 is 11.3 Å². The molecular weight excluding hydrogens is 402 g/mol. The zero-order chi connectivity index (χ0) is 21.1. The summed E-state index contributed by atoms with van der Waals surface area (Å²) >= 11 is 1.43. The van der Waals surface area contributed by atoms with Gasteiger partial charge in [-0.15, -0.1) is 11.3 Å². The lowest BCUT2D eigenvalue weighted by Crippen LogP contribution is -2.27. The summed E-state index contributed by atoms with van der Waals surface area (Å²) in [6.07, 6.45) is 1.77. The Bertz CT molecular complexity index is 1030. The van der Waals surface area contributed by atoms with Crippen LogP contribution in [0.1, 0.15) is 24.0 Å². The number of hydrogen-bond donors (Lipinski definition) is 1. The Morgan fingerprint density at radius 2 is 2.13 bits per heavy atom. The highest BCUT2D eigenvalue weighted by molar-refractivity contribution is 7.16. The minimum absolute atomic E-state index is 0.0445. The number of carbonyl (C=O) groups excluding carboxylic acids is 2. The number of rotatable bonds is 7. The highest BCUT2D eigenvalue weighted by Gasteiger charge is 2.35. The van der Waals surface area contributed by atoms with Crippen LogP contribution in [-0.4, -0.2) is 34.8 Å². The van der Waals surface area contributed by atoms with E-state index in [4.69, 9.17) is 9.15 Å². The summed E-state index contributed by atoms with van der Waals surface area (Å²) in [6, 6.07) is 11.3. The molecule has 7 nitrogen and oxygen atoms in total. The lowest BCUT2D eigenvalue weighted by molar-refractivity contribution is -0.128. The summed E-state index contributed by atoms with van der Waals surface area (Å²) in [7, 11) is 0. The second-order valence-electron chi connectivity index (χ2n) is 7.13. The van der Waals surface area contributed by atoms with Gasteiger partial charge in [0.2, 0.25) is 11.8 Å². The Morgan fingerprint density at radius 1 is 1.33 bits per heavy atom. The van der Waals surface area contributed by atoms with Crippen LogP contribution in [0.5, 0.6) is 5.75 Å². The van der Waals surface area contributed by atoms with E-state index >= 15 is 0 Å². The molecule has 0 radical (unpaired) electrons. The number of likely N-dealkylation sites (tertiary alicyclic amines) is 1. The van der Waals surface area contributed by atoms with Crippen molar-refractivity contribution in [3.63, 3.8) is 0 Å². The predicted molar refractivity (Wildman–Crippen MR) is 114 cm³/mol. The van der Waals surface area contributed by atoms with Gasteiger partial charge in [0.25, 0.3) is 0 Å². The molecule has 0 spiro atoms. The average molecular weight is 426 g/mol. The molecule has 2 aromatic heterocycles. The molecule has 8 heteroatoms. The average Bonchev–Trinajstić information content (AvgIpc) is 3.45. The Morgan fingerprint density at radius 3 is 2.83 bits per heavy atom. The largest absolute Gasteiger partial charge is 0.494 e. The molecule has 3 heterocycles. The number of aryl methyl sites for hydroxylation is 1. The molecule has 0 aliphatic carbocycles. The number of furan rings is 1. The van der Waals surface area contributed by atoms with E-state index in [1.54, 1.807) is 17.2 Å². The van der Waals surface area contributed by atoms with Gasteiger partial charge < -0.3 is 19.4 Å². The molecule has 1 aliphatic rings. The zero-order valence-corrected chi connectivity index (χ0v) is 17.7. The number of nitrogens with one attached hydrogen (secondary N) is 1. The number of ether oxygens (including phenoxy) is 1. The van der Waals surface area contributed by atoms with Crippen molar-refractivity contribution in [1.82, 2.24) is 9.88 Å². The highest BCUT2D eigenvalue weighted by atomic mass is 32.1. The summed E-state index contributed by atoms with van der Waals surface area (Å²) in [6.45, 7) is 5.30. The fourth-order valence-electron chi connectivity index (χ4n) is 3.49. The summed E-state index contributed by atoms with van der Waals surface area (Å²) in [5, 5.41) is 3.43. The lowest BCUT2D eigenvalue weighted by atomic mass is 10.1. The van der Waals surface area contributed by atoms with Crippen LogP contribution in [0.15, 0.2) is 47.1 Å². The number of anilines is 1. The van der Waals surface area contributed by atoms with Crippen molar-refractivity contribution < 1.29 is 18.7 Å². The SMILES string of the molecule is CCOc1ccc(-c2nc(NC(=O)[C@H]3CC(=O)N(Cc4ccco4)C3)sc2C)cc1. The van der Waals surface area contributed by atoms with Gasteiger partial charge in [0, 0.05) is 23.4 Å². The molecule has 1 N–H and O–H groups in total. The van der Waals surface area contributed by atoms with Gasteiger partial charge in [0.1, 0.15) is 11.5 Å². The molecule has 0 unspecified atom stereocenters. The van der Waals surface area contributed by atoms with E-state index in [2.05, 4.69) is 10.3 Å². The van der Waals surface area contributed by atoms with Crippen molar-refractivity contribution in [1.29, 1.82) is 0 Å². The van der Waals surface area contributed by atoms with Crippen molar-refractivity contribution in [3.8, 4) is 17.0 Å². The Hall–Kier alpha value is -3.13. The lowest BCUT2D eigenvalue weighted by Gasteiger charge is -2.14.